The molecule has 1 saturated heterocycles. The molecule has 31 heavy (non-hydrogen) atoms. The van der Waals surface area contributed by atoms with Crippen molar-refractivity contribution in [3.63, 3.8) is 0 Å². The van der Waals surface area contributed by atoms with Gasteiger partial charge in [0.25, 0.3) is 5.56 Å². The summed E-state index contributed by atoms with van der Waals surface area (Å²) >= 11 is 1.73. The molecule has 2 aliphatic rings. The third-order valence-corrected chi connectivity index (χ3v) is 7.56. The molecule has 0 saturated carbocycles. The average molecular weight is 437 g/mol. The number of carboxylic acid groups (broad SMARTS) is 1. The van der Waals surface area contributed by atoms with Gasteiger partial charge in [0.15, 0.2) is 0 Å². The average Bonchev–Trinajstić information content (AvgIpc) is 3.18. The lowest BCUT2D eigenvalue weighted by molar-refractivity contribution is -0.137. The first-order chi connectivity index (χ1) is 15.0. The Morgan fingerprint density at radius 1 is 1.06 bits per heavy atom. The summed E-state index contributed by atoms with van der Waals surface area (Å²) in [5.41, 5.74) is 2.15. The number of carboxylic acids is 1. The smallest absolute Gasteiger partial charge is 0.303 e. The van der Waals surface area contributed by atoms with Gasteiger partial charge in [-0.05, 0) is 42.3 Å². The Morgan fingerprint density at radius 2 is 1.90 bits per heavy atom. The van der Waals surface area contributed by atoms with Gasteiger partial charge in [-0.2, -0.15) is 0 Å². The van der Waals surface area contributed by atoms with Crippen molar-refractivity contribution >= 4 is 33.3 Å². The van der Waals surface area contributed by atoms with Crippen LogP contribution in [0.2, 0.25) is 0 Å². The number of carbonyl (C=O) groups excluding carboxylic acids is 1. The van der Waals surface area contributed by atoms with Crippen LogP contribution in [0.3, 0.4) is 0 Å². The molecule has 5 rings (SSSR count). The molecule has 1 N–H and O–H groups in total. The van der Waals surface area contributed by atoms with Gasteiger partial charge in [-0.1, -0.05) is 18.2 Å². The lowest BCUT2D eigenvalue weighted by Gasteiger charge is -2.43. The predicted octanol–water partition coefficient (Wildman–Crippen LogP) is 3.93. The molecule has 1 aromatic carbocycles. The van der Waals surface area contributed by atoms with E-state index in [4.69, 9.17) is 5.11 Å². The van der Waals surface area contributed by atoms with Crippen molar-refractivity contribution in [3.8, 4) is 10.4 Å². The van der Waals surface area contributed by atoms with Gasteiger partial charge in [0.05, 0.1) is 0 Å². The first kappa shape index (κ1) is 20.0. The molecule has 3 aromatic rings. The van der Waals surface area contributed by atoms with Crippen LogP contribution in [0.25, 0.3) is 20.5 Å². The number of pyridine rings is 1. The lowest BCUT2D eigenvalue weighted by Crippen LogP contribution is -2.49. The van der Waals surface area contributed by atoms with Crippen LogP contribution >= 0.6 is 11.3 Å². The molecule has 6 nitrogen and oxygen atoms in total. The first-order valence-electron chi connectivity index (χ1n) is 10.7. The minimum atomic E-state index is -0.871. The van der Waals surface area contributed by atoms with E-state index >= 15 is 0 Å². The fourth-order valence-electron chi connectivity index (χ4n) is 5.09. The quantitative estimate of drug-likeness (QED) is 0.657. The molecular weight excluding hydrogens is 412 g/mol. The number of fused-ring (bicyclic) bond motifs is 5. The van der Waals surface area contributed by atoms with Crippen molar-refractivity contribution in [3.05, 3.63) is 58.5 Å². The fraction of sp³-hybridized carbons (Fsp3) is 0.375. The summed E-state index contributed by atoms with van der Waals surface area (Å²) in [6.45, 7) is 1.85. The van der Waals surface area contributed by atoms with E-state index in [1.807, 2.05) is 27.7 Å². The van der Waals surface area contributed by atoms with Crippen molar-refractivity contribution in [1.82, 2.24) is 9.47 Å². The zero-order valence-corrected chi connectivity index (χ0v) is 17.9. The highest BCUT2D eigenvalue weighted by atomic mass is 32.1. The zero-order valence-electron chi connectivity index (χ0n) is 17.1. The number of rotatable bonds is 5. The topological polar surface area (TPSA) is 79.6 Å². The maximum atomic E-state index is 12.7. The Hall–Kier alpha value is -2.93. The number of hydrogen-bond acceptors (Lipinski definition) is 4. The fourth-order valence-corrected chi connectivity index (χ4v) is 6.19. The van der Waals surface area contributed by atoms with E-state index in [0.29, 0.717) is 26.1 Å². The zero-order chi connectivity index (χ0) is 21.5. The summed E-state index contributed by atoms with van der Waals surface area (Å²) in [5.74, 6) is -0.481. The number of aliphatic carboxylic acids is 1. The number of piperidine rings is 1. The van der Waals surface area contributed by atoms with Crippen molar-refractivity contribution in [1.29, 1.82) is 0 Å². The number of hydrogen-bond donors (Lipinski definition) is 1. The van der Waals surface area contributed by atoms with Gasteiger partial charge in [-0.3, -0.25) is 14.4 Å². The first-order valence-corrected chi connectivity index (χ1v) is 11.5. The molecule has 0 aliphatic carbocycles. The van der Waals surface area contributed by atoms with Gasteiger partial charge >= 0.3 is 5.97 Å². The van der Waals surface area contributed by atoms with Crippen LogP contribution in [0.5, 0.6) is 0 Å². The molecule has 2 aliphatic heterocycles. The van der Waals surface area contributed by atoms with Gasteiger partial charge in [0, 0.05) is 65.3 Å². The van der Waals surface area contributed by atoms with Gasteiger partial charge in [0.1, 0.15) is 0 Å². The monoisotopic (exact) mass is 436 g/mol. The summed E-state index contributed by atoms with van der Waals surface area (Å²) in [6.07, 6.45) is 1.61. The molecule has 160 valence electrons. The Morgan fingerprint density at radius 3 is 2.71 bits per heavy atom. The standard InChI is InChI=1S/C24H24N2O4S/c27-21(6-3-7-23(29)30)25-12-15-10-17(14-25)24-18(8-9-22(28)26(24)13-15)20-11-16-4-1-2-5-19(16)31-20/h1-2,4-5,8-9,11,15,17H,3,6-7,10,12-14H2,(H,29,30)/t15-,17-/m0/s1. The number of likely N-dealkylation sites (tertiary alicyclic amines) is 1. The second-order valence-electron chi connectivity index (χ2n) is 8.57. The predicted molar refractivity (Wildman–Crippen MR) is 120 cm³/mol. The van der Waals surface area contributed by atoms with Crippen molar-refractivity contribution < 1.29 is 14.7 Å². The van der Waals surface area contributed by atoms with Crippen molar-refractivity contribution in [2.75, 3.05) is 13.1 Å². The normalized spacial score (nSPS) is 19.9. The van der Waals surface area contributed by atoms with Crippen LogP contribution in [0.4, 0.5) is 0 Å². The molecule has 0 radical (unpaired) electrons. The van der Waals surface area contributed by atoms with E-state index in [2.05, 4.69) is 18.2 Å². The van der Waals surface area contributed by atoms with Crippen molar-refractivity contribution in [2.24, 2.45) is 5.92 Å². The van der Waals surface area contributed by atoms with Crippen LogP contribution in [0.1, 0.15) is 37.3 Å². The summed E-state index contributed by atoms with van der Waals surface area (Å²) in [6, 6.07) is 14.1. The van der Waals surface area contributed by atoms with Crippen molar-refractivity contribution in [2.45, 2.75) is 38.1 Å². The lowest BCUT2D eigenvalue weighted by atomic mass is 9.81. The molecule has 4 heterocycles. The minimum absolute atomic E-state index is 0.0146. The summed E-state index contributed by atoms with van der Waals surface area (Å²) in [7, 11) is 0. The van der Waals surface area contributed by atoms with E-state index in [-0.39, 0.29) is 36.1 Å². The Bertz CT molecular complexity index is 1190. The molecule has 0 unspecified atom stereocenters. The molecule has 2 aromatic heterocycles. The number of thiophene rings is 1. The van der Waals surface area contributed by atoms with E-state index in [1.54, 1.807) is 17.4 Å². The largest absolute Gasteiger partial charge is 0.481 e. The SMILES string of the molecule is O=C(O)CCCC(=O)N1C[C@@H]2C[C@@H](C1)c1c(-c3cc4ccccc4s3)ccc(=O)n1C2. The van der Waals surface area contributed by atoms with Crippen LogP contribution in [-0.2, 0) is 16.1 Å². The highest BCUT2D eigenvalue weighted by Gasteiger charge is 2.37. The molecule has 7 heteroatoms. The van der Waals surface area contributed by atoms with E-state index in [1.165, 1.54) is 10.1 Å². The molecular formula is C24H24N2O4S. The van der Waals surface area contributed by atoms with Crippen LogP contribution < -0.4 is 5.56 Å². The minimum Gasteiger partial charge on any atom is -0.481 e. The summed E-state index contributed by atoms with van der Waals surface area (Å²) in [5, 5.41) is 10.0. The Balaban J connectivity index is 1.47. The molecule has 1 amide bonds. The van der Waals surface area contributed by atoms with Crippen LogP contribution in [0, 0.1) is 5.92 Å². The summed E-state index contributed by atoms with van der Waals surface area (Å²) < 4.78 is 3.14. The van der Waals surface area contributed by atoms with Gasteiger partial charge in [-0.15, -0.1) is 11.3 Å². The molecule has 2 bridgehead atoms. The van der Waals surface area contributed by atoms with Crippen LogP contribution in [0.15, 0.2) is 47.3 Å². The number of carbonyl (C=O) groups is 2. The number of aromatic nitrogens is 1. The molecule has 2 atom stereocenters. The maximum Gasteiger partial charge on any atom is 0.303 e. The molecule has 0 spiro atoms. The maximum absolute atomic E-state index is 12.7. The van der Waals surface area contributed by atoms with Gasteiger partial charge < -0.3 is 14.6 Å². The van der Waals surface area contributed by atoms with Gasteiger partial charge in [-0.25, -0.2) is 0 Å². The van der Waals surface area contributed by atoms with Gasteiger partial charge in [0.2, 0.25) is 5.91 Å². The van der Waals surface area contributed by atoms with E-state index in [0.717, 1.165) is 22.6 Å². The van der Waals surface area contributed by atoms with Crippen LogP contribution in [-0.4, -0.2) is 39.5 Å². The highest BCUT2D eigenvalue weighted by molar-refractivity contribution is 7.22. The number of nitrogens with zero attached hydrogens (tertiary/aromatic N) is 2. The Labute approximate surface area is 183 Å². The second-order valence-corrected chi connectivity index (χ2v) is 9.66. The Kier molecular flexibility index (Phi) is 5.14. The summed E-state index contributed by atoms with van der Waals surface area (Å²) in [4.78, 5) is 39.2. The second kappa shape index (κ2) is 7.96. The molecule has 1 fully saturated rings. The number of benzene rings is 1. The third kappa shape index (κ3) is 3.78. The van der Waals surface area contributed by atoms with E-state index in [9.17, 15) is 14.4 Å². The van der Waals surface area contributed by atoms with E-state index < -0.39 is 5.97 Å². The number of amides is 1. The third-order valence-electron chi connectivity index (χ3n) is 6.42. The highest BCUT2D eigenvalue weighted by Crippen LogP contribution is 2.42.